The average molecular weight is 358 g/mol. The Morgan fingerprint density at radius 1 is 1.20 bits per heavy atom. The second-order valence-corrected chi connectivity index (χ2v) is 6.32. The third kappa shape index (κ3) is 3.88. The van der Waals surface area contributed by atoms with Gasteiger partial charge in [0.05, 0.1) is 5.41 Å². The molecule has 2 aromatic carbocycles. The highest BCUT2D eigenvalue weighted by atomic mass is 35.5. The molecule has 0 radical (unpaired) electrons. The summed E-state index contributed by atoms with van der Waals surface area (Å²) in [7, 11) is 0. The van der Waals surface area contributed by atoms with Gasteiger partial charge in [-0.25, -0.2) is 4.39 Å². The summed E-state index contributed by atoms with van der Waals surface area (Å²) in [6, 6.07) is 13.4. The summed E-state index contributed by atoms with van der Waals surface area (Å²) < 4.78 is 14.0. The molecule has 0 aliphatic heterocycles. The quantitative estimate of drug-likeness (QED) is 0.627. The highest BCUT2D eigenvalue weighted by Gasteiger charge is 2.52. The zero-order valence-electron chi connectivity index (χ0n) is 13.4. The van der Waals surface area contributed by atoms with Gasteiger partial charge in [0, 0.05) is 22.5 Å². The van der Waals surface area contributed by atoms with E-state index < -0.39 is 11.3 Å². The lowest BCUT2D eigenvalue weighted by molar-refractivity contribution is -0.120. The van der Waals surface area contributed by atoms with Crippen LogP contribution in [0.2, 0.25) is 5.02 Å². The molecule has 6 heteroatoms. The molecule has 1 saturated carbocycles. The molecular weight excluding hydrogens is 341 g/mol. The normalized spacial score (nSPS) is 16.0. The van der Waals surface area contributed by atoms with E-state index in [2.05, 4.69) is 10.3 Å². The first-order valence-electron chi connectivity index (χ1n) is 7.83. The van der Waals surface area contributed by atoms with Crippen LogP contribution in [0.15, 0.2) is 65.8 Å². The summed E-state index contributed by atoms with van der Waals surface area (Å²) in [5.41, 5.74) is 6.14. The van der Waals surface area contributed by atoms with Gasteiger partial charge in [0.15, 0.2) is 0 Å². The maximum absolute atomic E-state index is 14.0. The predicted octanol–water partition coefficient (Wildman–Crippen LogP) is 4.02. The van der Waals surface area contributed by atoms with Crippen LogP contribution in [0.25, 0.3) is 0 Å². The fourth-order valence-corrected chi connectivity index (χ4v) is 2.73. The van der Waals surface area contributed by atoms with Crippen molar-refractivity contribution < 1.29 is 9.18 Å². The van der Waals surface area contributed by atoms with E-state index in [0.29, 0.717) is 23.4 Å². The van der Waals surface area contributed by atoms with Gasteiger partial charge in [-0.1, -0.05) is 29.8 Å². The highest BCUT2D eigenvalue weighted by molar-refractivity contribution is 6.30. The molecule has 128 valence electrons. The Bertz CT molecular complexity index is 842. The lowest BCUT2D eigenvalue weighted by Gasteiger charge is -2.12. The minimum Gasteiger partial charge on any atom is -0.384 e. The van der Waals surface area contributed by atoms with Crippen molar-refractivity contribution in [3.8, 4) is 0 Å². The third-order valence-corrected chi connectivity index (χ3v) is 4.38. The van der Waals surface area contributed by atoms with Crippen molar-refractivity contribution >= 4 is 29.0 Å². The molecule has 2 aromatic rings. The Kier molecular flexibility index (Phi) is 4.86. The molecule has 3 rings (SSSR count). The van der Waals surface area contributed by atoms with Crippen LogP contribution in [0.1, 0.15) is 18.4 Å². The number of benzene rings is 2. The highest BCUT2D eigenvalue weighted by Crippen LogP contribution is 2.50. The van der Waals surface area contributed by atoms with Crippen molar-refractivity contribution in [1.82, 2.24) is 0 Å². The molecule has 1 aliphatic carbocycles. The van der Waals surface area contributed by atoms with E-state index in [1.165, 1.54) is 12.1 Å². The lowest BCUT2D eigenvalue weighted by Crippen LogP contribution is -2.23. The summed E-state index contributed by atoms with van der Waals surface area (Å²) >= 11 is 5.81. The molecule has 0 heterocycles. The van der Waals surface area contributed by atoms with Crippen molar-refractivity contribution in [3.63, 3.8) is 0 Å². The number of aliphatic imine (C=N–C) groups is 1. The summed E-state index contributed by atoms with van der Waals surface area (Å²) in [6.45, 7) is 0. The van der Waals surface area contributed by atoms with Gasteiger partial charge in [-0.3, -0.25) is 4.79 Å². The van der Waals surface area contributed by atoms with Gasteiger partial charge in [-0.05, 0) is 49.2 Å². The summed E-state index contributed by atoms with van der Waals surface area (Å²) in [5, 5.41) is 3.64. The van der Waals surface area contributed by atoms with Crippen molar-refractivity contribution in [1.29, 1.82) is 0 Å². The fourth-order valence-electron chi connectivity index (χ4n) is 2.60. The molecule has 0 saturated heterocycles. The van der Waals surface area contributed by atoms with Crippen LogP contribution < -0.4 is 11.1 Å². The second kappa shape index (κ2) is 7.07. The van der Waals surface area contributed by atoms with Crippen molar-refractivity contribution in [2.75, 3.05) is 5.32 Å². The number of carbonyl (C=O) groups is 1. The van der Waals surface area contributed by atoms with Gasteiger partial charge in [-0.2, -0.15) is 4.99 Å². The molecule has 0 aromatic heterocycles. The van der Waals surface area contributed by atoms with E-state index >= 15 is 0 Å². The number of carbonyl (C=O) groups excluding carboxylic acids is 1. The molecule has 4 nitrogen and oxygen atoms in total. The van der Waals surface area contributed by atoms with E-state index in [4.69, 9.17) is 17.3 Å². The number of amidine groups is 1. The number of nitrogens with two attached hydrogens (primary N) is 1. The first-order valence-corrected chi connectivity index (χ1v) is 8.21. The Balaban J connectivity index is 1.67. The topological polar surface area (TPSA) is 67.5 Å². The van der Waals surface area contributed by atoms with Gasteiger partial charge in [-0.15, -0.1) is 0 Å². The predicted molar refractivity (Wildman–Crippen MR) is 98.2 cm³/mol. The number of nitrogens with one attached hydrogen (secondary N) is 1. The van der Waals surface area contributed by atoms with Crippen LogP contribution in [0.5, 0.6) is 0 Å². The number of nitrogens with zero attached hydrogens (tertiary/aromatic N) is 1. The monoisotopic (exact) mass is 357 g/mol. The number of anilines is 1. The fraction of sp³-hybridized carbons (Fsp3) is 0.158. The molecular formula is C19H17ClFN3O. The summed E-state index contributed by atoms with van der Waals surface area (Å²) in [5.74, 6) is -0.734. The number of hydrogen-bond donors (Lipinski definition) is 2. The number of rotatable bonds is 5. The van der Waals surface area contributed by atoms with Gasteiger partial charge in [0.25, 0.3) is 5.91 Å². The lowest BCUT2D eigenvalue weighted by atomic mass is 9.94. The van der Waals surface area contributed by atoms with Crippen LogP contribution in [0.4, 0.5) is 10.1 Å². The minimum absolute atomic E-state index is 0.0640. The summed E-state index contributed by atoms with van der Waals surface area (Å²) in [6.07, 6.45) is 4.23. The molecule has 1 amide bonds. The van der Waals surface area contributed by atoms with Crippen molar-refractivity contribution in [2.24, 2.45) is 10.7 Å². The molecule has 3 N–H and O–H groups in total. The van der Waals surface area contributed by atoms with Crippen LogP contribution >= 0.6 is 11.6 Å². The number of amides is 1. The molecule has 1 fully saturated rings. The second-order valence-electron chi connectivity index (χ2n) is 5.89. The van der Waals surface area contributed by atoms with Gasteiger partial charge < -0.3 is 11.1 Å². The van der Waals surface area contributed by atoms with Crippen LogP contribution in [-0.2, 0) is 10.2 Å². The standard InChI is InChI=1S/C19H17ClFN3O/c20-13-5-7-14(8-6-13)23-12-9-17(22)24-18(25)19(10-11-19)15-3-1-2-4-16(15)21/h1-9,12,23H,10-11H2,(H2,22,24,25)/b12-9-. The van der Waals surface area contributed by atoms with Crippen LogP contribution in [0, 0.1) is 5.82 Å². The third-order valence-electron chi connectivity index (χ3n) is 4.13. The Morgan fingerprint density at radius 3 is 2.52 bits per heavy atom. The maximum atomic E-state index is 14.0. The molecule has 25 heavy (non-hydrogen) atoms. The Labute approximate surface area is 150 Å². The van der Waals surface area contributed by atoms with E-state index in [1.807, 2.05) is 12.1 Å². The first-order chi connectivity index (χ1) is 12.0. The van der Waals surface area contributed by atoms with E-state index in [0.717, 1.165) is 5.69 Å². The van der Waals surface area contributed by atoms with Gasteiger partial charge in [0.1, 0.15) is 11.7 Å². The smallest absolute Gasteiger partial charge is 0.258 e. The minimum atomic E-state index is -0.868. The SMILES string of the molecule is NC(/C=C\Nc1ccc(Cl)cc1)=NC(=O)C1(c2ccccc2F)CC1. The molecule has 0 bridgehead atoms. The maximum Gasteiger partial charge on any atom is 0.258 e. The zero-order chi connectivity index (χ0) is 17.9. The van der Waals surface area contributed by atoms with Crippen molar-refractivity contribution in [2.45, 2.75) is 18.3 Å². The largest absolute Gasteiger partial charge is 0.384 e. The van der Waals surface area contributed by atoms with Gasteiger partial charge in [0.2, 0.25) is 0 Å². The van der Waals surface area contributed by atoms with Gasteiger partial charge >= 0.3 is 0 Å². The number of hydrogen-bond acceptors (Lipinski definition) is 2. The van der Waals surface area contributed by atoms with Crippen LogP contribution in [0.3, 0.4) is 0 Å². The Morgan fingerprint density at radius 2 is 1.88 bits per heavy atom. The van der Waals surface area contributed by atoms with E-state index in [-0.39, 0.29) is 11.7 Å². The average Bonchev–Trinajstić information content (AvgIpc) is 3.39. The zero-order valence-corrected chi connectivity index (χ0v) is 14.1. The molecule has 1 aliphatic rings. The molecule has 0 atom stereocenters. The van der Waals surface area contributed by atoms with E-state index in [9.17, 15) is 9.18 Å². The van der Waals surface area contributed by atoms with Crippen LogP contribution in [-0.4, -0.2) is 11.7 Å². The summed E-state index contributed by atoms with van der Waals surface area (Å²) in [4.78, 5) is 16.4. The number of halogens is 2. The van der Waals surface area contributed by atoms with Crippen molar-refractivity contribution in [3.05, 3.63) is 77.2 Å². The molecule has 0 unspecified atom stereocenters. The Hall–Kier alpha value is -2.66. The van der Waals surface area contributed by atoms with E-state index in [1.54, 1.807) is 36.5 Å². The molecule has 0 spiro atoms. The first kappa shape index (κ1) is 17.2.